The number of halogens is 1. The van der Waals surface area contributed by atoms with E-state index >= 15 is 0 Å². The van der Waals surface area contributed by atoms with E-state index in [9.17, 15) is 4.79 Å². The summed E-state index contributed by atoms with van der Waals surface area (Å²) in [4.78, 5) is 22.8. The van der Waals surface area contributed by atoms with Crippen LogP contribution in [-0.4, -0.2) is 15.9 Å². The van der Waals surface area contributed by atoms with Gasteiger partial charge in [-0.3, -0.25) is 4.79 Å². The number of benzene rings is 2. The topological polar surface area (TPSA) is 80.9 Å². The second kappa shape index (κ2) is 8.86. The number of nitrogen functional groups attached to an aromatic ring is 1. The minimum Gasteiger partial charge on any atom is -0.399 e. The zero-order valence-corrected chi connectivity index (χ0v) is 19.7. The molecule has 0 unspecified atom stereocenters. The standard InChI is InChI=1S/C26H23IN4O/c27-19-9-6-16(7-10-19)14-23(32)30-26-24(17-4-2-1-3-5-17)31-25-21-12-11-20(28)15-18(21)8-13-22(25)29-26/h2,4-7,9-12,15H,1,3,8,13-14,28H2,(H,29,30,32). The van der Waals surface area contributed by atoms with Crippen molar-refractivity contribution in [1.82, 2.24) is 9.97 Å². The molecule has 2 aromatic carbocycles. The lowest BCUT2D eigenvalue weighted by Crippen LogP contribution is -2.19. The summed E-state index contributed by atoms with van der Waals surface area (Å²) in [5, 5.41) is 3.04. The zero-order valence-electron chi connectivity index (χ0n) is 17.6. The van der Waals surface area contributed by atoms with Crippen LogP contribution in [0.1, 0.15) is 35.4 Å². The monoisotopic (exact) mass is 534 g/mol. The Labute approximate surface area is 201 Å². The number of nitrogens with one attached hydrogen (secondary N) is 1. The van der Waals surface area contributed by atoms with Crippen molar-refractivity contribution in [3.05, 3.63) is 86.8 Å². The van der Waals surface area contributed by atoms with Crippen LogP contribution in [0.4, 0.5) is 11.5 Å². The van der Waals surface area contributed by atoms with Crippen LogP contribution in [0.5, 0.6) is 0 Å². The summed E-state index contributed by atoms with van der Waals surface area (Å²) in [5.74, 6) is 0.446. The van der Waals surface area contributed by atoms with Gasteiger partial charge in [0.15, 0.2) is 5.82 Å². The first kappa shape index (κ1) is 20.9. The summed E-state index contributed by atoms with van der Waals surface area (Å²) >= 11 is 2.26. The van der Waals surface area contributed by atoms with E-state index in [1.54, 1.807) is 0 Å². The Morgan fingerprint density at radius 1 is 1.03 bits per heavy atom. The van der Waals surface area contributed by atoms with Crippen molar-refractivity contribution in [1.29, 1.82) is 0 Å². The molecule has 0 bridgehead atoms. The van der Waals surface area contributed by atoms with Crippen molar-refractivity contribution in [2.75, 3.05) is 11.1 Å². The summed E-state index contributed by atoms with van der Waals surface area (Å²) in [7, 11) is 0. The Bertz CT molecular complexity index is 1260. The highest BCUT2D eigenvalue weighted by Crippen LogP contribution is 2.36. The maximum absolute atomic E-state index is 12.9. The molecule has 0 radical (unpaired) electrons. The SMILES string of the molecule is Nc1ccc2c(c1)CCc1nc(NC(=O)Cc3ccc(I)cc3)c(C3=CCCC=C3)nc1-2. The number of hydrogen-bond acceptors (Lipinski definition) is 4. The van der Waals surface area contributed by atoms with Gasteiger partial charge in [0.25, 0.3) is 0 Å². The molecule has 0 saturated heterocycles. The number of fused-ring (bicyclic) bond motifs is 3. The van der Waals surface area contributed by atoms with Crippen molar-refractivity contribution in [2.24, 2.45) is 0 Å². The summed E-state index contributed by atoms with van der Waals surface area (Å²) < 4.78 is 1.15. The minimum atomic E-state index is -0.0916. The van der Waals surface area contributed by atoms with Gasteiger partial charge in [-0.2, -0.15) is 0 Å². The smallest absolute Gasteiger partial charge is 0.230 e. The molecule has 3 aromatic rings. The highest BCUT2D eigenvalue weighted by atomic mass is 127. The van der Waals surface area contributed by atoms with E-state index in [1.165, 1.54) is 5.56 Å². The zero-order chi connectivity index (χ0) is 22.1. The first-order chi connectivity index (χ1) is 15.6. The highest BCUT2D eigenvalue weighted by Gasteiger charge is 2.23. The molecule has 0 atom stereocenters. The van der Waals surface area contributed by atoms with Gasteiger partial charge in [-0.05, 0) is 89.2 Å². The van der Waals surface area contributed by atoms with Gasteiger partial charge in [0.1, 0.15) is 5.69 Å². The fraction of sp³-hybridized carbons (Fsp3) is 0.192. The van der Waals surface area contributed by atoms with Crippen LogP contribution in [0.2, 0.25) is 0 Å². The maximum atomic E-state index is 12.9. The highest BCUT2D eigenvalue weighted by molar-refractivity contribution is 14.1. The molecule has 6 heteroatoms. The van der Waals surface area contributed by atoms with E-state index in [1.807, 2.05) is 42.5 Å². The first-order valence-electron chi connectivity index (χ1n) is 10.8. The van der Waals surface area contributed by atoms with E-state index in [0.717, 1.165) is 68.7 Å². The summed E-state index contributed by atoms with van der Waals surface area (Å²) in [6, 6.07) is 13.9. The first-order valence-corrected chi connectivity index (χ1v) is 11.9. The van der Waals surface area contributed by atoms with Crippen LogP contribution in [0.15, 0.2) is 60.7 Å². The molecule has 5 rings (SSSR count). The number of carbonyl (C=O) groups excluding carboxylic acids is 1. The quantitative estimate of drug-likeness (QED) is 0.350. The number of aryl methyl sites for hydroxylation is 2. The summed E-state index contributed by atoms with van der Waals surface area (Å²) in [6.07, 6.45) is 10.3. The van der Waals surface area contributed by atoms with Gasteiger partial charge in [0, 0.05) is 14.8 Å². The van der Waals surface area contributed by atoms with Gasteiger partial charge in [-0.15, -0.1) is 0 Å². The van der Waals surface area contributed by atoms with Gasteiger partial charge < -0.3 is 11.1 Å². The third kappa shape index (κ3) is 4.32. The molecule has 2 aliphatic rings. The average molecular weight is 534 g/mol. The Hall–Kier alpha value is -3.00. The lowest BCUT2D eigenvalue weighted by Gasteiger charge is -2.22. The molecule has 0 aliphatic heterocycles. The van der Waals surface area contributed by atoms with E-state index in [-0.39, 0.29) is 5.91 Å². The lowest BCUT2D eigenvalue weighted by molar-refractivity contribution is -0.115. The van der Waals surface area contributed by atoms with Gasteiger partial charge in [-0.25, -0.2) is 9.97 Å². The number of carbonyl (C=O) groups is 1. The van der Waals surface area contributed by atoms with Gasteiger partial charge in [0.05, 0.1) is 17.8 Å². The van der Waals surface area contributed by atoms with Crippen LogP contribution in [0, 0.1) is 3.57 Å². The van der Waals surface area contributed by atoms with Crippen LogP contribution in [0.3, 0.4) is 0 Å². The number of aromatic nitrogens is 2. The molecular formula is C26H23IN4O. The summed E-state index contributed by atoms with van der Waals surface area (Å²) in [6.45, 7) is 0. The molecule has 0 fully saturated rings. The second-order valence-corrected chi connectivity index (χ2v) is 9.37. The molecule has 1 heterocycles. The van der Waals surface area contributed by atoms with Crippen molar-refractivity contribution in [2.45, 2.75) is 32.1 Å². The molecule has 0 saturated carbocycles. The largest absolute Gasteiger partial charge is 0.399 e. The molecule has 1 aromatic heterocycles. The van der Waals surface area contributed by atoms with Gasteiger partial charge in [-0.1, -0.05) is 36.4 Å². The Morgan fingerprint density at radius 3 is 2.66 bits per heavy atom. The maximum Gasteiger partial charge on any atom is 0.230 e. The predicted octanol–water partition coefficient (Wildman–Crippen LogP) is 5.34. The average Bonchev–Trinajstić information content (AvgIpc) is 2.80. The van der Waals surface area contributed by atoms with E-state index < -0.39 is 0 Å². The fourth-order valence-corrected chi connectivity index (χ4v) is 4.57. The van der Waals surface area contributed by atoms with Crippen molar-refractivity contribution < 1.29 is 4.79 Å². The van der Waals surface area contributed by atoms with Crippen molar-refractivity contribution >= 4 is 45.6 Å². The molecule has 2 aliphatic carbocycles. The summed E-state index contributed by atoms with van der Waals surface area (Å²) in [5.41, 5.74) is 13.5. The van der Waals surface area contributed by atoms with Crippen molar-refractivity contribution in [3.8, 4) is 11.3 Å². The van der Waals surface area contributed by atoms with Crippen LogP contribution in [0.25, 0.3) is 16.8 Å². The van der Waals surface area contributed by atoms with Gasteiger partial charge in [0.2, 0.25) is 5.91 Å². The van der Waals surface area contributed by atoms with Crippen LogP contribution >= 0.6 is 22.6 Å². The molecule has 5 nitrogen and oxygen atoms in total. The second-order valence-electron chi connectivity index (χ2n) is 8.12. The molecule has 160 valence electrons. The number of hydrogen-bond donors (Lipinski definition) is 2. The van der Waals surface area contributed by atoms with Crippen molar-refractivity contribution in [3.63, 3.8) is 0 Å². The molecule has 32 heavy (non-hydrogen) atoms. The van der Waals surface area contributed by atoms with Crippen LogP contribution < -0.4 is 11.1 Å². The van der Waals surface area contributed by atoms with Crippen LogP contribution in [-0.2, 0) is 24.1 Å². The normalized spacial score (nSPS) is 14.3. The number of allylic oxidation sites excluding steroid dienone is 4. The minimum absolute atomic E-state index is 0.0916. The van der Waals surface area contributed by atoms with E-state index in [2.05, 4.69) is 46.1 Å². The Kier molecular flexibility index (Phi) is 5.78. The van der Waals surface area contributed by atoms with Gasteiger partial charge >= 0.3 is 0 Å². The molecule has 0 spiro atoms. The fourth-order valence-electron chi connectivity index (χ4n) is 4.21. The third-order valence-electron chi connectivity index (χ3n) is 5.79. The Balaban J connectivity index is 1.52. The molecule has 3 N–H and O–H groups in total. The third-order valence-corrected chi connectivity index (χ3v) is 6.51. The van der Waals surface area contributed by atoms with E-state index in [0.29, 0.717) is 12.2 Å². The number of nitrogens with zero attached hydrogens (tertiary/aromatic N) is 2. The molecular weight excluding hydrogens is 511 g/mol. The lowest BCUT2D eigenvalue weighted by atomic mass is 9.91. The Morgan fingerprint density at radius 2 is 1.88 bits per heavy atom. The number of rotatable bonds is 4. The number of amides is 1. The number of anilines is 2. The molecule has 1 amide bonds. The van der Waals surface area contributed by atoms with E-state index in [4.69, 9.17) is 15.7 Å². The number of nitrogens with two attached hydrogens (primary N) is 1. The predicted molar refractivity (Wildman–Crippen MR) is 137 cm³/mol.